The summed E-state index contributed by atoms with van der Waals surface area (Å²) < 4.78 is 28.9. The highest BCUT2D eigenvalue weighted by Gasteiger charge is 2.22. The van der Waals surface area contributed by atoms with Crippen LogP contribution in [0.1, 0.15) is 29.9 Å². The Morgan fingerprint density at radius 3 is 2.53 bits per heavy atom. The van der Waals surface area contributed by atoms with Gasteiger partial charge in [0.25, 0.3) is 5.91 Å². The average Bonchev–Trinajstić information content (AvgIpc) is 3.23. The van der Waals surface area contributed by atoms with Crippen LogP contribution in [-0.4, -0.2) is 61.2 Å². The van der Waals surface area contributed by atoms with Gasteiger partial charge in [0.05, 0.1) is 41.6 Å². The zero-order valence-electron chi connectivity index (χ0n) is 20.2. The zero-order chi connectivity index (χ0) is 25.9. The fourth-order valence-electron chi connectivity index (χ4n) is 3.77. The molecule has 36 heavy (non-hydrogen) atoms. The number of ether oxygens (including phenoxy) is 1. The number of anilines is 3. The van der Waals surface area contributed by atoms with Gasteiger partial charge in [0.1, 0.15) is 10.8 Å². The van der Waals surface area contributed by atoms with Gasteiger partial charge in [-0.25, -0.2) is 13.4 Å². The Labute approximate surface area is 214 Å². The molecule has 1 saturated heterocycles. The summed E-state index contributed by atoms with van der Waals surface area (Å²) in [5.74, 6) is 0.330. The van der Waals surface area contributed by atoms with Crippen molar-refractivity contribution in [1.82, 2.24) is 4.98 Å². The predicted molar refractivity (Wildman–Crippen MR) is 143 cm³/mol. The second kappa shape index (κ2) is 10.6. The van der Waals surface area contributed by atoms with Gasteiger partial charge in [-0.3, -0.25) is 4.79 Å². The summed E-state index contributed by atoms with van der Waals surface area (Å²) in [7, 11) is -2.94. The standard InChI is InChI=1S/C25H30N4O5S2/c1-25(2,31)16-34-15-18-4-3-5-22(27-18)28-24-20(23(26)30)14-21(35-24)17-6-8-19(9-7-17)29-10-12-36(32,33)13-11-29/h3-9,14,31H,10-13,15-16H2,1-2H3,(H2,26,30)(H,27,28). The van der Waals surface area contributed by atoms with Crippen LogP contribution in [0.25, 0.3) is 10.4 Å². The number of thiophene rings is 1. The van der Waals surface area contributed by atoms with Crippen LogP contribution in [-0.2, 0) is 21.2 Å². The van der Waals surface area contributed by atoms with Gasteiger partial charge >= 0.3 is 0 Å². The molecule has 11 heteroatoms. The van der Waals surface area contributed by atoms with Crippen LogP contribution in [0.2, 0.25) is 0 Å². The van der Waals surface area contributed by atoms with Crippen molar-refractivity contribution in [2.75, 3.05) is 41.4 Å². The molecule has 0 radical (unpaired) electrons. The number of nitrogens with two attached hydrogens (primary N) is 1. The van der Waals surface area contributed by atoms with E-state index in [-0.39, 0.29) is 24.7 Å². The first-order valence-corrected chi connectivity index (χ1v) is 14.2. The summed E-state index contributed by atoms with van der Waals surface area (Å²) in [6.45, 7) is 4.73. The topological polar surface area (TPSA) is 135 Å². The highest BCUT2D eigenvalue weighted by atomic mass is 32.2. The van der Waals surface area contributed by atoms with Crippen molar-refractivity contribution in [2.45, 2.75) is 26.1 Å². The summed E-state index contributed by atoms with van der Waals surface area (Å²) >= 11 is 1.39. The quantitative estimate of drug-likeness (QED) is 0.384. The lowest BCUT2D eigenvalue weighted by molar-refractivity contribution is -0.0276. The van der Waals surface area contributed by atoms with Crippen LogP contribution < -0.4 is 16.0 Å². The first-order chi connectivity index (χ1) is 17.0. The van der Waals surface area contributed by atoms with E-state index in [0.29, 0.717) is 35.2 Å². The summed E-state index contributed by atoms with van der Waals surface area (Å²) in [6, 6.07) is 15.0. The van der Waals surface area contributed by atoms with Crippen LogP contribution in [0.5, 0.6) is 0 Å². The maximum atomic E-state index is 12.1. The molecule has 1 aromatic carbocycles. The molecule has 0 atom stereocenters. The second-order valence-electron chi connectivity index (χ2n) is 9.35. The minimum atomic E-state index is -2.94. The first kappa shape index (κ1) is 26.1. The van der Waals surface area contributed by atoms with Crippen LogP contribution >= 0.6 is 11.3 Å². The largest absolute Gasteiger partial charge is 0.388 e. The molecule has 1 aliphatic rings. The van der Waals surface area contributed by atoms with Gasteiger partial charge in [-0.05, 0) is 49.7 Å². The van der Waals surface area contributed by atoms with Crippen LogP contribution in [0, 0.1) is 0 Å². The van der Waals surface area contributed by atoms with E-state index in [0.717, 1.165) is 16.1 Å². The molecule has 3 aromatic rings. The number of aromatic nitrogens is 1. The van der Waals surface area contributed by atoms with Gasteiger partial charge in [0, 0.05) is 23.7 Å². The summed E-state index contributed by atoms with van der Waals surface area (Å²) in [5, 5.41) is 13.6. The number of primary amides is 1. The molecule has 9 nitrogen and oxygen atoms in total. The summed E-state index contributed by atoms with van der Waals surface area (Å²) in [4.78, 5) is 19.6. The average molecular weight is 531 g/mol. The SMILES string of the molecule is CC(C)(O)COCc1cccc(Nc2sc(-c3ccc(N4CCS(=O)(=O)CC4)cc3)cc2C(N)=O)n1. The van der Waals surface area contributed by atoms with Gasteiger partial charge in [0.2, 0.25) is 0 Å². The van der Waals surface area contributed by atoms with E-state index in [1.807, 2.05) is 36.4 Å². The van der Waals surface area contributed by atoms with Gasteiger partial charge in [-0.1, -0.05) is 18.2 Å². The van der Waals surface area contributed by atoms with Gasteiger partial charge in [0.15, 0.2) is 9.84 Å². The van der Waals surface area contributed by atoms with Crippen molar-refractivity contribution in [1.29, 1.82) is 0 Å². The number of hydrogen-bond donors (Lipinski definition) is 3. The lowest BCUT2D eigenvalue weighted by Crippen LogP contribution is -2.40. The fraction of sp³-hybridized carbons (Fsp3) is 0.360. The van der Waals surface area contributed by atoms with E-state index >= 15 is 0 Å². The van der Waals surface area contributed by atoms with E-state index in [4.69, 9.17) is 10.5 Å². The number of amides is 1. The summed E-state index contributed by atoms with van der Waals surface area (Å²) in [6.07, 6.45) is 0. The third kappa shape index (κ3) is 6.82. The molecule has 2 aromatic heterocycles. The number of carbonyl (C=O) groups is 1. The molecule has 1 fully saturated rings. The van der Waals surface area contributed by atoms with Crippen molar-refractivity contribution in [3.63, 3.8) is 0 Å². The molecule has 3 heterocycles. The molecule has 1 amide bonds. The minimum Gasteiger partial charge on any atom is -0.388 e. The number of nitrogens with one attached hydrogen (secondary N) is 1. The highest BCUT2D eigenvalue weighted by molar-refractivity contribution is 7.91. The number of aliphatic hydroxyl groups is 1. The van der Waals surface area contributed by atoms with E-state index < -0.39 is 21.3 Å². The predicted octanol–water partition coefficient (Wildman–Crippen LogP) is 3.17. The maximum absolute atomic E-state index is 12.1. The molecular formula is C25H30N4O5S2. The molecule has 4 rings (SSSR count). The molecule has 0 spiro atoms. The molecule has 0 unspecified atom stereocenters. The normalized spacial score (nSPS) is 15.6. The molecular weight excluding hydrogens is 500 g/mol. The number of hydrogen-bond acceptors (Lipinski definition) is 9. The molecule has 1 aliphatic heterocycles. The van der Waals surface area contributed by atoms with E-state index in [1.165, 1.54) is 11.3 Å². The van der Waals surface area contributed by atoms with Crippen LogP contribution in [0.4, 0.5) is 16.5 Å². The number of sulfone groups is 1. The first-order valence-electron chi connectivity index (χ1n) is 11.5. The van der Waals surface area contributed by atoms with Crippen molar-refractivity contribution in [3.8, 4) is 10.4 Å². The van der Waals surface area contributed by atoms with Gasteiger partial charge < -0.3 is 25.8 Å². The fourth-order valence-corrected chi connectivity index (χ4v) is 6.04. The molecule has 0 saturated carbocycles. The Bertz CT molecular complexity index is 1320. The third-order valence-electron chi connectivity index (χ3n) is 5.61. The van der Waals surface area contributed by atoms with Gasteiger partial charge in [-0.2, -0.15) is 0 Å². The Morgan fingerprint density at radius 2 is 1.89 bits per heavy atom. The van der Waals surface area contributed by atoms with E-state index in [1.54, 1.807) is 26.0 Å². The lowest BCUT2D eigenvalue weighted by atomic mass is 10.1. The number of pyridine rings is 1. The number of nitrogens with zero attached hydrogens (tertiary/aromatic N) is 2. The minimum absolute atomic E-state index is 0.164. The van der Waals surface area contributed by atoms with E-state index in [9.17, 15) is 18.3 Å². The summed E-state index contributed by atoms with van der Waals surface area (Å²) in [5.41, 5.74) is 7.66. The Hall–Kier alpha value is -2.99. The van der Waals surface area contributed by atoms with Crippen LogP contribution in [0.3, 0.4) is 0 Å². The highest BCUT2D eigenvalue weighted by Crippen LogP contribution is 2.37. The Kier molecular flexibility index (Phi) is 7.65. The molecule has 0 bridgehead atoms. The monoisotopic (exact) mass is 530 g/mol. The number of rotatable bonds is 9. The Morgan fingerprint density at radius 1 is 1.19 bits per heavy atom. The third-order valence-corrected chi connectivity index (χ3v) is 8.32. The lowest BCUT2D eigenvalue weighted by Gasteiger charge is -2.28. The Balaban J connectivity index is 1.49. The maximum Gasteiger partial charge on any atom is 0.251 e. The van der Waals surface area contributed by atoms with Gasteiger partial charge in [-0.15, -0.1) is 11.3 Å². The second-order valence-corrected chi connectivity index (χ2v) is 12.7. The van der Waals surface area contributed by atoms with Crippen molar-refractivity contribution in [3.05, 3.63) is 59.8 Å². The van der Waals surface area contributed by atoms with Crippen LogP contribution in [0.15, 0.2) is 48.5 Å². The molecule has 192 valence electrons. The van der Waals surface area contributed by atoms with Crippen molar-refractivity contribution >= 4 is 43.6 Å². The van der Waals surface area contributed by atoms with E-state index in [2.05, 4.69) is 15.2 Å². The molecule has 0 aliphatic carbocycles. The van der Waals surface area contributed by atoms with Crippen molar-refractivity contribution in [2.24, 2.45) is 5.73 Å². The smallest absolute Gasteiger partial charge is 0.251 e. The zero-order valence-corrected chi connectivity index (χ0v) is 21.9. The molecule has 4 N–H and O–H groups in total. The number of benzene rings is 1. The number of carbonyl (C=O) groups excluding carboxylic acids is 1. The van der Waals surface area contributed by atoms with Crippen molar-refractivity contribution < 1.29 is 23.1 Å².